The van der Waals surface area contributed by atoms with E-state index in [2.05, 4.69) is 11.8 Å². The molecule has 2 unspecified atom stereocenters. The van der Waals surface area contributed by atoms with Gasteiger partial charge in [-0.2, -0.15) is 0 Å². The summed E-state index contributed by atoms with van der Waals surface area (Å²) in [5.41, 5.74) is 10.8. The molecule has 0 aromatic carbocycles. The fourth-order valence-corrected chi connectivity index (χ4v) is 2.07. The van der Waals surface area contributed by atoms with Gasteiger partial charge < -0.3 is 11.5 Å². The molecule has 1 aliphatic rings. The van der Waals surface area contributed by atoms with Crippen molar-refractivity contribution in [3.8, 4) is 0 Å². The minimum atomic E-state index is -0.255. The highest BCUT2D eigenvalue weighted by Crippen LogP contribution is 2.20. The molecule has 1 amide bonds. The average molecular weight is 185 g/mol. The van der Waals surface area contributed by atoms with Gasteiger partial charge in [-0.3, -0.25) is 9.69 Å². The number of hydrogen-bond acceptors (Lipinski definition) is 3. The summed E-state index contributed by atoms with van der Waals surface area (Å²) >= 11 is 0. The van der Waals surface area contributed by atoms with E-state index in [1.54, 1.807) is 0 Å². The largest absolute Gasteiger partial charge is 0.370 e. The number of nitrogens with two attached hydrogens (primary N) is 2. The zero-order valence-electron chi connectivity index (χ0n) is 8.20. The van der Waals surface area contributed by atoms with Crippen LogP contribution in [0.5, 0.6) is 0 Å². The molecule has 0 radical (unpaired) electrons. The molecular weight excluding hydrogens is 166 g/mol. The van der Waals surface area contributed by atoms with Crippen LogP contribution in [0.2, 0.25) is 0 Å². The van der Waals surface area contributed by atoms with Gasteiger partial charge in [0.15, 0.2) is 0 Å². The van der Waals surface area contributed by atoms with E-state index in [0.717, 1.165) is 6.54 Å². The second-order valence-electron chi connectivity index (χ2n) is 3.79. The van der Waals surface area contributed by atoms with Gasteiger partial charge in [0.05, 0.1) is 0 Å². The predicted octanol–water partition coefficient (Wildman–Crippen LogP) is -0.327. The molecule has 0 aromatic heterocycles. The van der Waals surface area contributed by atoms with E-state index in [4.69, 9.17) is 11.5 Å². The van der Waals surface area contributed by atoms with Crippen molar-refractivity contribution in [1.29, 1.82) is 0 Å². The van der Waals surface area contributed by atoms with Gasteiger partial charge in [-0.05, 0) is 26.3 Å². The smallest absolute Gasteiger partial charge is 0.219 e. The first kappa shape index (κ1) is 10.5. The van der Waals surface area contributed by atoms with E-state index in [1.165, 1.54) is 12.8 Å². The van der Waals surface area contributed by atoms with Gasteiger partial charge in [0.1, 0.15) is 0 Å². The third-order valence-corrected chi connectivity index (χ3v) is 2.78. The van der Waals surface area contributed by atoms with Crippen LogP contribution < -0.4 is 11.5 Å². The second kappa shape index (κ2) is 4.58. The molecular formula is C9H19N3O. The van der Waals surface area contributed by atoms with E-state index in [-0.39, 0.29) is 11.9 Å². The Hall–Kier alpha value is -0.610. The van der Waals surface area contributed by atoms with Crippen LogP contribution in [0.15, 0.2) is 0 Å². The Morgan fingerprint density at radius 2 is 2.38 bits per heavy atom. The van der Waals surface area contributed by atoms with Crippen molar-refractivity contribution in [2.24, 2.45) is 11.5 Å². The summed E-state index contributed by atoms with van der Waals surface area (Å²) in [5.74, 6) is -0.255. The topological polar surface area (TPSA) is 72.3 Å². The minimum absolute atomic E-state index is 0.148. The van der Waals surface area contributed by atoms with Crippen LogP contribution in [-0.2, 0) is 4.79 Å². The van der Waals surface area contributed by atoms with Crippen molar-refractivity contribution in [3.05, 3.63) is 0 Å². The minimum Gasteiger partial charge on any atom is -0.370 e. The quantitative estimate of drug-likeness (QED) is 0.630. The lowest BCUT2D eigenvalue weighted by atomic mass is 10.1. The van der Waals surface area contributed by atoms with Gasteiger partial charge in [-0.25, -0.2) is 0 Å². The molecule has 13 heavy (non-hydrogen) atoms. The molecule has 0 saturated carbocycles. The van der Waals surface area contributed by atoms with Gasteiger partial charge in [0, 0.05) is 25.0 Å². The molecule has 1 heterocycles. The Morgan fingerprint density at radius 3 is 2.77 bits per heavy atom. The lowest BCUT2D eigenvalue weighted by molar-refractivity contribution is -0.119. The van der Waals surface area contributed by atoms with Crippen LogP contribution in [0.3, 0.4) is 0 Å². The van der Waals surface area contributed by atoms with Crippen LogP contribution in [-0.4, -0.2) is 36.0 Å². The Morgan fingerprint density at radius 1 is 1.69 bits per heavy atom. The molecule has 1 fully saturated rings. The van der Waals surface area contributed by atoms with E-state index in [1.807, 2.05) is 0 Å². The first-order valence-electron chi connectivity index (χ1n) is 4.89. The molecule has 1 saturated heterocycles. The maximum Gasteiger partial charge on any atom is 0.219 e. The van der Waals surface area contributed by atoms with Gasteiger partial charge >= 0.3 is 0 Å². The first-order chi connectivity index (χ1) is 6.15. The molecule has 0 aromatic rings. The number of nitrogens with zero attached hydrogens (tertiary/aromatic N) is 1. The highest BCUT2D eigenvalue weighted by molar-refractivity contribution is 5.74. The van der Waals surface area contributed by atoms with Crippen molar-refractivity contribution < 1.29 is 4.79 Å². The summed E-state index contributed by atoms with van der Waals surface area (Å²) in [6, 6.07) is 0.697. The second-order valence-corrected chi connectivity index (χ2v) is 3.79. The van der Waals surface area contributed by atoms with E-state index < -0.39 is 0 Å². The highest BCUT2D eigenvalue weighted by Gasteiger charge is 2.27. The van der Waals surface area contributed by atoms with E-state index in [9.17, 15) is 4.79 Å². The zero-order chi connectivity index (χ0) is 9.84. The summed E-state index contributed by atoms with van der Waals surface area (Å²) in [7, 11) is 0. The van der Waals surface area contributed by atoms with Gasteiger partial charge in [-0.1, -0.05) is 0 Å². The fourth-order valence-electron chi connectivity index (χ4n) is 2.07. The lowest BCUT2D eigenvalue weighted by Gasteiger charge is -2.29. The van der Waals surface area contributed by atoms with Crippen LogP contribution in [0.4, 0.5) is 0 Å². The molecule has 1 rings (SSSR count). The van der Waals surface area contributed by atoms with Gasteiger partial charge in [0.25, 0.3) is 0 Å². The molecule has 4 nitrogen and oxygen atoms in total. The molecule has 2 atom stereocenters. The van der Waals surface area contributed by atoms with Crippen LogP contribution in [0.25, 0.3) is 0 Å². The van der Waals surface area contributed by atoms with Crippen LogP contribution in [0.1, 0.15) is 26.2 Å². The average Bonchev–Trinajstić information content (AvgIpc) is 2.47. The number of hydrogen-bond donors (Lipinski definition) is 2. The Balaban J connectivity index is 2.49. The maximum absolute atomic E-state index is 10.8. The van der Waals surface area contributed by atoms with Crippen molar-refractivity contribution in [2.75, 3.05) is 13.1 Å². The van der Waals surface area contributed by atoms with Gasteiger partial charge in [-0.15, -0.1) is 0 Å². The number of rotatable bonds is 4. The number of carbonyl (C=O) groups excluding carboxylic acids is 1. The predicted molar refractivity (Wildman–Crippen MR) is 52.1 cm³/mol. The first-order valence-corrected chi connectivity index (χ1v) is 4.89. The summed E-state index contributed by atoms with van der Waals surface area (Å²) in [6.45, 7) is 3.75. The molecule has 0 aliphatic carbocycles. The molecule has 76 valence electrons. The van der Waals surface area contributed by atoms with Crippen molar-refractivity contribution in [1.82, 2.24) is 4.90 Å². The standard InChI is InChI=1S/C9H19N3O/c1-7-3-2-4-12(7)8(6-10)5-9(11)13/h7-8H,2-6,10H2,1H3,(H2,11,13). The highest BCUT2D eigenvalue weighted by atomic mass is 16.1. The SMILES string of the molecule is CC1CCCN1C(CN)CC(N)=O. The number of carbonyl (C=O) groups is 1. The number of likely N-dealkylation sites (tertiary alicyclic amines) is 1. The van der Waals surface area contributed by atoms with Crippen LogP contribution in [0, 0.1) is 0 Å². The van der Waals surface area contributed by atoms with E-state index >= 15 is 0 Å². The molecule has 0 bridgehead atoms. The molecule has 0 spiro atoms. The van der Waals surface area contributed by atoms with Crippen molar-refractivity contribution in [2.45, 2.75) is 38.3 Å². The number of amides is 1. The van der Waals surface area contributed by atoms with Gasteiger partial charge in [0.2, 0.25) is 5.91 Å². The Labute approximate surface area is 79.3 Å². The fraction of sp³-hybridized carbons (Fsp3) is 0.889. The summed E-state index contributed by atoms with van der Waals surface area (Å²) in [6.07, 6.45) is 2.80. The van der Waals surface area contributed by atoms with Crippen molar-refractivity contribution >= 4 is 5.91 Å². The van der Waals surface area contributed by atoms with Crippen LogP contribution >= 0.6 is 0 Å². The Kier molecular flexibility index (Phi) is 3.69. The zero-order valence-corrected chi connectivity index (χ0v) is 8.20. The third kappa shape index (κ3) is 2.67. The third-order valence-electron chi connectivity index (χ3n) is 2.78. The molecule has 1 aliphatic heterocycles. The normalized spacial score (nSPS) is 26.2. The number of primary amides is 1. The summed E-state index contributed by atoms with van der Waals surface area (Å²) in [5, 5.41) is 0. The summed E-state index contributed by atoms with van der Waals surface area (Å²) in [4.78, 5) is 13.1. The molecule has 4 N–H and O–H groups in total. The molecule has 4 heteroatoms. The maximum atomic E-state index is 10.8. The Bertz CT molecular complexity index is 184. The summed E-state index contributed by atoms with van der Waals surface area (Å²) < 4.78 is 0. The lowest BCUT2D eigenvalue weighted by Crippen LogP contribution is -2.44. The van der Waals surface area contributed by atoms with Crippen molar-refractivity contribution in [3.63, 3.8) is 0 Å². The monoisotopic (exact) mass is 185 g/mol. The van der Waals surface area contributed by atoms with E-state index in [0.29, 0.717) is 19.0 Å².